The zero-order valence-electron chi connectivity index (χ0n) is 9.08. The van der Waals surface area contributed by atoms with Crippen molar-refractivity contribution in [3.8, 4) is 12.3 Å². The quantitative estimate of drug-likeness (QED) is 0.643. The van der Waals surface area contributed by atoms with Crippen molar-refractivity contribution in [1.82, 2.24) is 5.32 Å². The Balaban J connectivity index is 2.50. The summed E-state index contributed by atoms with van der Waals surface area (Å²) in [7, 11) is 0. The Morgan fingerprint density at radius 2 is 2.53 bits per heavy atom. The maximum Gasteiger partial charge on any atom is 0.242 e. The van der Waals surface area contributed by atoms with Gasteiger partial charge in [-0.3, -0.25) is 4.79 Å². The minimum absolute atomic E-state index is 0.0172. The fourth-order valence-corrected chi connectivity index (χ4v) is 1.53. The Labute approximate surface area is 90.5 Å². The maximum atomic E-state index is 11.8. The van der Waals surface area contributed by atoms with Crippen LogP contribution >= 0.6 is 0 Å². The van der Waals surface area contributed by atoms with Crippen molar-refractivity contribution in [1.29, 1.82) is 0 Å². The van der Waals surface area contributed by atoms with Gasteiger partial charge in [-0.25, -0.2) is 0 Å². The third-order valence-corrected chi connectivity index (χ3v) is 2.70. The van der Waals surface area contributed by atoms with Gasteiger partial charge in [0, 0.05) is 19.1 Å². The lowest BCUT2D eigenvalue weighted by Gasteiger charge is -2.24. The lowest BCUT2D eigenvalue weighted by atomic mass is 9.98. The molecule has 0 aliphatic carbocycles. The summed E-state index contributed by atoms with van der Waals surface area (Å²) in [5.41, 5.74) is 5.05. The van der Waals surface area contributed by atoms with Crippen molar-refractivity contribution in [3.05, 3.63) is 0 Å². The molecule has 0 saturated carbocycles. The Kier molecular flexibility index (Phi) is 4.13. The van der Waals surface area contributed by atoms with Gasteiger partial charge >= 0.3 is 0 Å². The Morgan fingerprint density at radius 1 is 1.80 bits per heavy atom. The normalized spacial score (nSPS) is 27.0. The van der Waals surface area contributed by atoms with Crippen LogP contribution < -0.4 is 11.1 Å². The molecular weight excluding hydrogens is 192 g/mol. The molecule has 0 aromatic heterocycles. The predicted molar refractivity (Wildman–Crippen MR) is 58.0 cm³/mol. The van der Waals surface area contributed by atoms with Gasteiger partial charge in [-0.1, -0.05) is 6.92 Å². The number of ether oxygens (including phenoxy) is 1. The Hall–Kier alpha value is -1.05. The summed E-state index contributed by atoms with van der Waals surface area (Å²) in [6.07, 6.45) is 7.14. The summed E-state index contributed by atoms with van der Waals surface area (Å²) < 4.78 is 5.13. The number of carbonyl (C=O) groups is 1. The van der Waals surface area contributed by atoms with Crippen LogP contribution in [0.1, 0.15) is 26.2 Å². The molecule has 1 heterocycles. The van der Waals surface area contributed by atoms with E-state index < -0.39 is 5.54 Å². The van der Waals surface area contributed by atoms with E-state index in [0.29, 0.717) is 26.1 Å². The van der Waals surface area contributed by atoms with Crippen LogP contribution in [0.4, 0.5) is 0 Å². The molecule has 4 heteroatoms. The number of rotatable bonds is 4. The lowest BCUT2D eigenvalue weighted by Crippen LogP contribution is -2.56. The van der Waals surface area contributed by atoms with Gasteiger partial charge in [0.25, 0.3) is 0 Å². The average Bonchev–Trinajstić information content (AvgIpc) is 2.65. The van der Waals surface area contributed by atoms with E-state index in [-0.39, 0.29) is 11.9 Å². The average molecular weight is 210 g/mol. The minimum Gasteiger partial charge on any atom is -0.379 e. The van der Waals surface area contributed by atoms with Crippen molar-refractivity contribution in [3.63, 3.8) is 0 Å². The smallest absolute Gasteiger partial charge is 0.242 e. The van der Waals surface area contributed by atoms with Gasteiger partial charge in [0.2, 0.25) is 5.91 Å². The largest absolute Gasteiger partial charge is 0.379 e. The van der Waals surface area contributed by atoms with Crippen LogP contribution in [0.2, 0.25) is 0 Å². The van der Waals surface area contributed by atoms with Gasteiger partial charge in [0.05, 0.1) is 6.61 Å². The van der Waals surface area contributed by atoms with E-state index in [4.69, 9.17) is 16.9 Å². The molecule has 0 aromatic rings. The van der Waals surface area contributed by atoms with Gasteiger partial charge in [-0.15, -0.1) is 12.3 Å². The van der Waals surface area contributed by atoms with E-state index in [1.807, 2.05) is 6.92 Å². The molecule has 1 saturated heterocycles. The number of amides is 1. The second-order valence-electron chi connectivity index (χ2n) is 3.95. The van der Waals surface area contributed by atoms with E-state index in [1.165, 1.54) is 0 Å². The van der Waals surface area contributed by atoms with E-state index in [0.717, 1.165) is 6.42 Å². The molecule has 1 rings (SSSR count). The van der Waals surface area contributed by atoms with Gasteiger partial charge < -0.3 is 15.8 Å². The molecule has 1 fully saturated rings. The SMILES string of the molecule is C#CCC(CC)NC(=O)C1(N)CCOC1. The first kappa shape index (κ1) is 12.0. The highest BCUT2D eigenvalue weighted by atomic mass is 16.5. The summed E-state index contributed by atoms with van der Waals surface area (Å²) in [5, 5.41) is 2.86. The zero-order chi connectivity index (χ0) is 11.3. The molecule has 84 valence electrons. The number of hydrogen-bond donors (Lipinski definition) is 2. The van der Waals surface area contributed by atoms with Gasteiger partial charge in [-0.05, 0) is 12.8 Å². The van der Waals surface area contributed by atoms with Crippen LogP contribution in [0.3, 0.4) is 0 Å². The second-order valence-corrected chi connectivity index (χ2v) is 3.95. The first-order chi connectivity index (χ1) is 7.12. The van der Waals surface area contributed by atoms with Gasteiger partial charge in [0.15, 0.2) is 0 Å². The van der Waals surface area contributed by atoms with E-state index in [1.54, 1.807) is 0 Å². The molecule has 2 unspecified atom stereocenters. The second kappa shape index (κ2) is 5.15. The minimum atomic E-state index is -0.859. The van der Waals surface area contributed by atoms with Crippen LogP contribution in [0, 0.1) is 12.3 Å². The molecule has 1 aliphatic rings. The number of carbonyl (C=O) groups excluding carboxylic acids is 1. The fourth-order valence-electron chi connectivity index (χ4n) is 1.53. The monoisotopic (exact) mass is 210 g/mol. The fraction of sp³-hybridized carbons (Fsp3) is 0.727. The van der Waals surface area contributed by atoms with Crippen molar-refractivity contribution in [2.75, 3.05) is 13.2 Å². The summed E-state index contributed by atoms with van der Waals surface area (Å²) in [4.78, 5) is 11.8. The standard InChI is InChI=1S/C11H18N2O2/c1-3-5-9(4-2)13-10(14)11(12)6-7-15-8-11/h1,9H,4-8,12H2,2H3,(H,13,14). The highest BCUT2D eigenvalue weighted by Crippen LogP contribution is 2.16. The molecule has 0 radical (unpaired) electrons. The summed E-state index contributed by atoms with van der Waals surface area (Å²) >= 11 is 0. The Bertz CT molecular complexity index is 264. The van der Waals surface area contributed by atoms with Crippen LogP contribution in [0.5, 0.6) is 0 Å². The van der Waals surface area contributed by atoms with E-state index in [9.17, 15) is 4.79 Å². The summed E-state index contributed by atoms with van der Waals surface area (Å²) in [6, 6.07) is 0.0172. The first-order valence-corrected chi connectivity index (χ1v) is 5.23. The number of terminal acetylenes is 1. The highest BCUT2D eigenvalue weighted by molar-refractivity contribution is 5.86. The van der Waals surface area contributed by atoms with Crippen molar-refractivity contribution in [2.45, 2.75) is 37.8 Å². The van der Waals surface area contributed by atoms with Crippen molar-refractivity contribution in [2.24, 2.45) is 5.73 Å². The molecule has 1 amide bonds. The van der Waals surface area contributed by atoms with Crippen molar-refractivity contribution >= 4 is 5.91 Å². The molecule has 3 N–H and O–H groups in total. The third kappa shape index (κ3) is 2.95. The van der Waals surface area contributed by atoms with Gasteiger partial charge in [0.1, 0.15) is 5.54 Å². The van der Waals surface area contributed by atoms with Crippen LogP contribution in [0.15, 0.2) is 0 Å². The molecule has 0 aromatic carbocycles. The van der Waals surface area contributed by atoms with Gasteiger partial charge in [-0.2, -0.15) is 0 Å². The summed E-state index contributed by atoms with van der Waals surface area (Å²) in [5.74, 6) is 2.39. The third-order valence-electron chi connectivity index (χ3n) is 2.70. The number of nitrogens with two attached hydrogens (primary N) is 1. The number of nitrogens with one attached hydrogen (secondary N) is 1. The molecule has 0 bridgehead atoms. The molecule has 15 heavy (non-hydrogen) atoms. The van der Waals surface area contributed by atoms with Crippen LogP contribution in [-0.4, -0.2) is 30.7 Å². The molecule has 0 spiro atoms. The lowest BCUT2D eigenvalue weighted by molar-refractivity contribution is -0.127. The highest BCUT2D eigenvalue weighted by Gasteiger charge is 2.38. The maximum absolute atomic E-state index is 11.8. The van der Waals surface area contributed by atoms with Crippen LogP contribution in [0.25, 0.3) is 0 Å². The predicted octanol–water partition coefficient (Wildman–Crippen LogP) is 0.0223. The topological polar surface area (TPSA) is 64.4 Å². The molecule has 2 atom stereocenters. The number of hydrogen-bond acceptors (Lipinski definition) is 3. The zero-order valence-corrected chi connectivity index (χ0v) is 9.08. The molecule has 4 nitrogen and oxygen atoms in total. The van der Waals surface area contributed by atoms with Crippen molar-refractivity contribution < 1.29 is 9.53 Å². The Morgan fingerprint density at radius 3 is 3.00 bits per heavy atom. The molecule has 1 aliphatic heterocycles. The summed E-state index contributed by atoms with van der Waals surface area (Å²) in [6.45, 7) is 2.83. The molecular formula is C11H18N2O2. The van der Waals surface area contributed by atoms with E-state index >= 15 is 0 Å². The first-order valence-electron chi connectivity index (χ1n) is 5.23. The van der Waals surface area contributed by atoms with Crippen LogP contribution in [-0.2, 0) is 9.53 Å². The van der Waals surface area contributed by atoms with E-state index in [2.05, 4.69) is 11.2 Å².